The van der Waals surface area contributed by atoms with Crippen LogP contribution in [-0.2, 0) is 10.3 Å². The van der Waals surface area contributed by atoms with Crippen LogP contribution in [0.15, 0.2) is 0 Å². The van der Waals surface area contributed by atoms with E-state index in [4.69, 9.17) is 4.74 Å². The normalized spacial score (nSPS) is 25.6. The predicted molar refractivity (Wildman–Crippen MR) is 65.8 cm³/mol. The van der Waals surface area contributed by atoms with Crippen molar-refractivity contribution in [1.82, 2.24) is 9.36 Å². The van der Waals surface area contributed by atoms with Crippen molar-refractivity contribution in [3.63, 3.8) is 0 Å². The van der Waals surface area contributed by atoms with Gasteiger partial charge in [-0.05, 0) is 32.6 Å². The quantitative estimate of drug-likeness (QED) is 0.880. The summed E-state index contributed by atoms with van der Waals surface area (Å²) >= 11 is 1.43. The maximum atomic E-state index is 5.82. The second-order valence-electron chi connectivity index (χ2n) is 4.39. The number of rotatable bonds is 4. The van der Waals surface area contributed by atoms with E-state index < -0.39 is 0 Å². The van der Waals surface area contributed by atoms with E-state index in [1.165, 1.54) is 18.0 Å². The van der Waals surface area contributed by atoms with Crippen LogP contribution in [0.2, 0.25) is 0 Å². The van der Waals surface area contributed by atoms with Gasteiger partial charge in [0.25, 0.3) is 0 Å². The molecule has 1 saturated heterocycles. The van der Waals surface area contributed by atoms with Crippen molar-refractivity contribution >= 4 is 16.7 Å². The second-order valence-corrected chi connectivity index (χ2v) is 5.14. The lowest BCUT2D eigenvalue weighted by atomic mass is 9.95. The molecule has 0 aliphatic carbocycles. The van der Waals surface area contributed by atoms with Crippen LogP contribution in [0, 0.1) is 0 Å². The van der Waals surface area contributed by atoms with E-state index in [0.29, 0.717) is 0 Å². The maximum Gasteiger partial charge on any atom is 0.202 e. The third-order valence-corrected chi connectivity index (χ3v) is 3.57. The molecule has 0 radical (unpaired) electrons. The third-order valence-electron chi connectivity index (χ3n) is 2.89. The average Bonchev–Trinajstić information content (AvgIpc) is 2.77. The van der Waals surface area contributed by atoms with Gasteiger partial charge in [0, 0.05) is 24.7 Å². The molecule has 0 amide bonds. The molecular formula is C11H19N3OS. The van der Waals surface area contributed by atoms with Crippen LogP contribution in [0.5, 0.6) is 0 Å². The summed E-state index contributed by atoms with van der Waals surface area (Å²) in [5, 5.41) is 4.17. The van der Waals surface area contributed by atoms with Crippen molar-refractivity contribution in [1.29, 1.82) is 0 Å². The van der Waals surface area contributed by atoms with Gasteiger partial charge in [0.05, 0.1) is 0 Å². The first kappa shape index (κ1) is 11.8. The fraction of sp³-hybridized carbons (Fsp3) is 0.818. The van der Waals surface area contributed by atoms with E-state index in [0.717, 1.165) is 43.4 Å². The summed E-state index contributed by atoms with van der Waals surface area (Å²) in [5.41, 5.74) is -0.263. The van der Waals surface area contributed by atoms with Gasteiger partial charge in [-0.25, -0.2) is 4.98 Å². The van der Waals surface area contributed by atoms with Crippen LogP contribution in [-0.4, -0.2) is 22.5 Å². The minimum atomic E-state index is -0.263. The fourth-order valence-electron chi connectivity index (χ4n) is 1.85. The highest BCUT2D eigenvalue weighted by Gasteiger charge is 2.33. The highest BCUT2D eigenvalue weighted by atomic mass is 32.1. The van der Waals surface area contributed by atoms with E-state index in [1.807, 2.05) is 0 Å². The lowest BCUT2D eigenvalue weighted by molar-refractivity contribution is -0.0752. The van der Waals surface area contributed by atoms with Crippen molar-refractivity contribution in [2.45, 2.75) is 45.1 Å². The molecule has 16 heavy (non-hydrogen) atoms. The zero-order valence-electron chi connectivity index (χ0n) is 9.95. The Morgan fingerprint density at radius 3 is 3.06 bits per heavy atom. The molecule has 90 valence electrons. The molecule has 1 N–H and O–H groups in total. The van der Waals surface area contributed by atoms with Crippen molar-refractivity contribution in [2.75, 3.05) is 18.5 Å². The Morgan fingerprint density at radius 2 is 2.38 bits per heavy atom. The van der Waals surface area contributed by atoms with Crippen molar-refractivity contribution in [3.8, 4) is 0 Å². The van der Waals surface area contributed by atoms with Gasteiger partial charge in [0.1, 0.15) is 5.60 Å². The molecule has 2 heterocycles. The molecule has 1 aromatic heterocycles. The zero-order valence-corrected chi connectivity index (χ0v) is 10.8. The van der Waals surface area contributed by atoms with Gasteiger partial charge in [0.15, 0.2) is 5.82 Å². The molecular weight excluding hydrogens is 222 g/mol. The van der Waals surface area contributed by atoms with Crippen LogP contribution in [0.4, 0.5) is 5.13 Å². The Balaban J connectivity index is 2.05. The molecule has 0 bridgehead atoms. The van der Waals surface area contributed by atoms with Crippen LogP contribution in [0.1, 0.15) is 45.4 Å². The van der Waals surface area contributed by atoms with Crippen LogP contribution < -0.4 is 5.32 Å². The number of anilines is 1. The Bertz CT molecular complexity index is 334. The Labute approximate surface area is 101 Å². The molecule has 1 fully saturated rings. The van der Waals surface area contributed by atoms with Crippen molar-refractivity contribution < 1.29 is 4.74 Å². The van der Waals surface area contributed by atoms with E-state index in [2.05, 4.69) is 28.5 Å². The minimum Gasteiger partial charge on any atom is -0.367 e. The molecule has 1 aliphatic heterocycles. The summed E-state index contributed by atoms with van der Waals surface area (Å²) < 4.78 is 10.2. The molecule has 5 heteroatoms. The molecule has 1 aromatic rings. The van der Waals surface area contributed by atoms with Gasteiger partial charge in [-0.2, -0.15) is 4.37 Å². The maximum absolute atomic E-state index is 5.82. The summed E-state index contributed by atoms with van der Waals surface area (Å²) in [6, 6.07) is 0. The lowest BCUT2D eigenvalue weighted by Gasteiger charge is -2.31. The van der Waals surface area contributed by atoms with Crippen molar-refractivity contribution in [3.05, 3.63) is 5.82 Å². The van der Waals surface area contributed by atoms with E-state index >= 15 is 0 Å². The highest BCUT2D eigenvalue weighted by Crippen LogP contribution is 2.34. The van der Waals surface area contributed by atoms with Gasteiger partial charge in [0.2, 0.25) is 5.13 Å². The number of nitrogens with zero attached hydrogens (tertiary/aromatic N) is 2. The first-order valence-corrected chi connectivity index (χ1v) is 6.74. The molecule has 0 aromatic carbocycles. The van der Waals surface area contributed by atoms with Gasteiger partial charge >= 0.3 is 0 Å². The standard InChI is InChI=1S/C11H19N3OS/c1-3-7-12-10-13-9(14-16-10)11(2)6-4-5-8-15-11/h3-8H2,1-2H3,(H,12,13,14). The molecule has 1 atom stereocenters. The van der Waals surface area contributed by atoms with Gasteiger partial charge < -0.3 is 10.1 Å². The minimum absolute atomic E-state index is 0.263. The van der Waals surface area contributed by atoms with Gasteiger partial charge in [-0.3, -0.25) is 0 Å². The number of nitrogens with one attached hydrogen (secondary N) is 1. The molecule has 4 nitrogen and oxygen atoms in total. The molecule has 2 rings (SSSR count). The number of hydrogen-bond donors (Lipinski definition) is 1. The number of aromatic nitrogens is 2. The first-order valence-electron chi connectivity index (χ1n) is 5.96. The molecule has 1 aliphatic rings. The summed E-state index contributed by atoms with van der Waals surface area (Å²) in [6.07, 6.45) is 4.48. The average molecular weight is 241 g/mol. The highest BCUT2D eigenvalue weighted by molar-refractivity contribution is 7.09. The summed E-state index contributed by atoms with van der Waals surface area (Å²) in [6.45, 7) is 6.01. The SMILES string of the molecule is CCCNc1nc(C2(C)CCCCO2)ns1. The third kappa shape index (κ3) is 2.52. The van der Waals surface area contributed by atoms with Crippen LogP contribution in [0.3, 0.4) is 0 Å². The summed E-state index contributed by atoms with van der Waals surface area (Å²) in [5.74, 6) is 0.843. The summed E-state index contributed by atoms with van der Waals surface area (Å²) in [4.78, 5) is 4.51. The topological polar surface area (TPSA) is 47.0 Å². The largest absolute Gasteiger partial charge is 0.367 e. The zero-order chi connectivity index (χ0) is 11.4. The molecule has 0 spiro atoms. The Hall–Kier alpha value is -0.680. The Morgan fingerprint density at radius 1 is 1.50 bits per heavy atom. The van der Waals surface area contributed by atoms with Crippen LogP contribution >= 0.6 is 11.5 Å². The lowest BCUT2D eigenvalue weighted by Crippen LogP contribution is -2.31. The monoisotopic (exact) mass is 241 g/mol. The number of hydrogen-bond acceptors (Lipinski definition) is 5. The van der Waals surface area contributed by atoms with Crippen molar-refractivity contribution in [2.24, 2.45) is 0 Å². The first-order chi connectivity index (χ1) is 7.74. The second kappa shape index (κ2) is 5.10. The van der Waals surface area contributed by atoms with Gasteiger partial charge in [-0.15, -0.1) is 0 Å². The number of ether oxygens (including phenoxy) is 1. The predicted octanol–water partition coefficient (Wildman–Crippen LogP) is 2.78. The summed E-state index contributed by atoms with van der Waals surface area (Å²) in [7, 11) is 0. The van der Waals surface area contributed by atoms with Gasteiger partial charge in [-0.1, -0.05) is 6.92 Å². The smallest absolute Gasteiger partial charge is 0.202 e. The van der Waals surface area contributed by atoms with E-state index in [1.54, 1.807) is 0 Å². The fourth-order valence-corrected chi connectivity index (χ4v) is 2.55. The Kier molecular flexibility index (Phi) is 3.76. The van der Waals surface area contributed by atoms with E-state index in [-0.39, 0.29) is 5.60 Å². The molecule has 0 saturated carbocycles. The van der Waals surface area contributed by atoms with E-state index in [9.17, 15) is 0 Å². The molecule has 1 unspecified atom stereocenters. The van der Waals surface area contributed by atoms with Crippen LogP contribution in [0.25, 0.3) is 0 Å².